The predicted molar refractivity (Wildman–Crippen MR) is 46.5 cm³/mol. The molecule has 0 aliphatic heterocycles. The average molecular weight is 145 g/mol. The first-order valence-corrected chi connectivity index (χ1v) is 4.56. The van der Waals surface area contributed by atoms with E-state index in [0.29, 0.717) is 5.41 Å². The van der Waals surface area contributed by atoms with Crippen LogP contribution in [0.25, 0.3) is 0 Å². The Balaban J connectivity index is 3.33. The van der Waals surface area contributed by atoms with E-state index in [1.807, 2.05) is 11.8 Å². The highest BCUT2D eigenvalue weighted by molar-refractivity contribution is 8.01. The fourth-order valence-electron chi connectivity index (χ4n) is 0.411. The van der Waals surface area contributed by atoms with Gasteiger partial charge in [0, 0.05) is 5.75 Å². The molecule has 0 spiro atoms. The monoisotopic (exact) mass is 145 g/mol. The number of rotatable bonds is 4. The molecule has 0 fully saturated rings. The lowest BCUT2D eigenvalue weighted by molar-refractivity contribution is 0.408. The van der Waals surface area contributed by atoms with Crippen molar-refractivity contribution in [1.29, 1.82) is 0 Å². The maximum absolute atomic E-state index is 2.31. The van der Waals surface area contributed by atoms with E-state index in [9.17, 15) is 0 Å². The first kappa shape index (κ1) is 9.35. The van der Waals surface area contributed by atoms with Gasteiger partial charge in [0.25, 0.3) is 0 Å². The third kappa shape index (κ3) is 4.83. The Kier molecular flexibility index (Phi) is 4.37. The van der Waals surface area contributed by atoms with Crippen molar-refractivity contribution in [2.75, 3.05) is 5.75 Å². The summed E-state index contributed by atoms with van der Waals surface area (Å²) in [4.78, 5) is 0. The summed E-state index contributed by atoms with van der Waals surface area (Å²) < 4.78 is 0. The van der Waals surface area contributed by atoms with Crippen molar-refractivity contribution < 1.29 is 0 Å². The van der Waals surface area contributed by atoms with Crippen LogP contribution in [0.4, 0.5) is 0 Å². The van der Waals surface area contributed by atoms with E-state index >= 15 is 0 Å². The topological polar surface area (TPSA) is 0 Å². The molecule has 1 heteroatoms. The lowest BCUT2D eigenvalue weighted by atomic mass is 9.93. The first-order valence-electron chi connectivity index (χ1n) is 3.52. The van der Waals surface area contributed by atoms with E-state index in [0.717, 1.165) is 0 Å². The molecular formula is C8H17S. The summed E-state index contributed by atoms with van der Waals surface area (Å²) in [5, 5.41) is 0. The minimum absolute atomic E-state index is 0.525. The van der Waals surface area contributed by atoms with Gasteiger partial charge >= 0.3 is 0 Å². The molecule has 0 amide bonds. The maximum atomic E-state index is 2.31. The Morgan fingerprint density at radius 2 is 2.00 bits per heavy atom. The largest absolute Gasteiger partial charge is 0.157 e. The van der Waals surface area contributed by atoms with Crippen LogP contribution in [-0.4, -0.2) is 5.75 Å². The SMILES string of the molecule is C[CH]SCC(C)(C)CC. The second-order valence-electron chi connectivity index (χ2n) is 3.06. The molecule has 0 nitrogen and oxygen atoms in total. The third-order valence-corrected chi connectivity index (χ3v) is 2.88. The van der Waals surface area contributed by atoms with Crippen molar-refractivity contribution in [1.82, 2.24) is 0 Å². The minimum Gasteiger partial charge on any atom is -0.157 e. The zero-order valence-electron chi connectivity index (χ0n) is 6.90. The van der Waals surface area contributed by atoms with Gasteiger partial charge in [-0.05, 0) is 11.2 Å². The summed E-state index contributed by atoms with van der Waals surface area (Å²) in [6, 6.07) is 0. The summed E-state index contributed by atoms with van der Waals surface area (Å²) in [5.41, 5.74) is 0.525. The smallest absolute Gasteiger partial charge is 0.0135 e. The molecule has 0 bridgehead atoms. The summed E-state index contributed by atoms with van der Waals surface area (Å²) >= 11 is 1.91. The van der Waals surface area contributed by atoms with Crippen molar-refractivity contribution in [3.8, 4) is 0 Å². The van der Waals surface area contributed by atoms with Crippen LogP contribution in [0.3, 0.4) is 0 Å². The van der Waals surface area contributed by atoms with Crippen LogP contribution in [0.15, 0.2) is 0 Å². The molecule has 0 aromatic heterocycles. The number of hydrogen-bond acceptors (Lipinski definition) is 1. The summed E-state index contributed by atoms with van der Waals surface area (Å²) in [6.07, 6.45) is 1.27. The summed E-state index contributed by atoms with van der Waals surface area (Å²) in [7, 11) is 0. The standard InChI is InChI=1S/C8H17S/c1-5-8(3,4)7-9-6-2/h6H,5,7H2,1-4H3. The fraction of sp³-hybridized carbons (Fsp3) is 0.875. The van der Waals surface area contributed by atoms with Crippen LogP contribution in [0.2, 0.25) is 0 Å². The van der Waals surface area contributed by atoms with Crippen molar-refractivity contribution in [2.24, 2.45) is 5.41 Å². The van der Waals surface area contributed by atoms with Crippen molar-refractivity contribution in [2.45, 2.75) is 34.1 Å². The fourth-order valence-corrected chi connectivity index (χ4v) is 1.23. The lowest BCUT2D eigenvalue weighted by Crippen LogP contribution is -2.12. The molecule has 55 valence electrons. The zero-order valence-corrected chi connectivity index (χ0v) is 7.72. The molecule has 0 saturated heterocycles. The molecule has 0 aliphatic carbocycles. The van der Waals surface area contributed by atoms with Crippen molar-refractivity contribution in [3.63, 3.8) is 0 Å². The highest BCUT2D eigenvalue weighted by Gasteiger charge is 2.13. The maximum Gasteiger partial charge on any atom is 0.0135 e. The molecule has 1 radical (unpaired) electrons. The second kappa shape index (κ2) is 4.21. The summed E-state index contributed by atoms with van der Waals surface area (Å²) in [6.45, 7) is 8.96. The molecule has 9 heavy (non-hydrogen) atoms. The van der Waals surface area contributed by atoms with Crippen LogP contribution in [0, 0.1) is 11.2 Å². The van der Waals surface area contributed by atoms with Gasteiger partial charge in [0.2, 0.25) is 0 Å². The van der Waals surface area contributed by atoms with E-state index in [1.165, 1.54) is 12.2 Å². The van der Waals surface area contributed by atoms with Gasteiger partial charge in [-0.2, -0.15) is 11.8 Å². The van der Waals surface area contributed by atoms with Gasteiger partial charge < -0.3 is 0 Å². The van der Waals surface area contributed by atoms with Crippen LogP contribution < -0.4 is 0 Å². The van der Waals surface area contributed by atoms with Crippen LogP contribution >= 0.6 is 11.8 Å². The molecule has 0 N–H and O–H groups in total. The second-order valence-corrected chi connectivity index (χ2v) is 4.16. The van der Waals surface area contributed by atoms with E-state index in [4.69, 9.17) is 0 Å². The van der Waals surface area contributed by atoms with E-state index < -0.39 is 0 Å². The molecule has 0 rings (SSSR count). The van der Waals surface area contributed by atoms with Crippen LogP contribution in [0.1, 0.15) is 34.1 Å². The highest BCUT2D eigenvalue weighted by atomic mass is 32.2. The van der Waals surface area contributed by atoms with Gasteiger partial charge in [-0.25, -0.2) is 0 Å². The Morgan fingerprint density at radius 1 is 1.44 bits per heavy atom. The molecule has 0 saturated carbocycles. The Labute approximate surface area is 63.4 Å². The first-order chi connectivity index (χ1) is 4.12. The van der Waals surface area contributed by atoms with E-state index in [-0.39, 0.29) is 0 Å². The summed E-state index contributed by atoms with van der Waals surface area (Å²) in [5.74, 6) is 3.41. The molecule has 0 atom stereocenters. The molecule has 0 unspecified atom stereocenters. The van der Waals surface area contributed by atoms with Crippen LogP contribution in [0.5, 0.6) is 0 Å². The van der Waals surface area contributed by atoms with Crippen molar-refractivity contribution in [3.05, 3.63) is 5.75 Å². The van der Waals surface area contributed by atoms with Crippen LogP contribution in [-0.2, 0) is 0 Å². The van der Waals surface area contributed by atoms with Gasteiger partial charge in [0.1, 0.15) is 0 Å². The number of thioether (sulfide) groups is 1. The molecule has 0 aromatic carbocycles. The molecule has 0 aromatic rings. The molecular weight excluding hydrogens is 128 g/mol. The van der Waals surface area contributed by atoms with Gasteiger partial charge in [-0.1, -0.05) is 34.1 Å². The minimum atomic E-state index is 0.525. The Bertz CT molecular complexity index is 67.0. The normalized spacial score (nSPS) is 12.0. The predicted octanol–water partition coefficient (Wildman–Crippen LogP) is 3.34. The van der Waals surface area contributed by atoms with Gasteiger partial charge in [0.05, 0.1) is 0 Å². The van der Waals surface area contributed by atoms with Gasteiger partial charge in [0.15, 0.2) is 0 Å². The Hall–Kier alpha value is 0.350. The quantitative estimate of drug-likeness (QED) is 0.584. The van der Waals surface area contributed by atoms with E-state index in [2.05, 4.69) is 33.4 Å². The van der Waals surface area contributed by atoms with Gasteiger partial charge in [-0.3, -0.25) is 0 Å². The Morgan fingerprint density at radius 3 is 2.33 bits per heavy atom. The zero-order chi connectivity index (χ0) is 7.33. The molecule has 0 heterocycles. The third-order valence-electron chi connectivity index (χ3n) is 1.60. The number of hydrogen-bond donors (Lipinski definition) is 0. The molecule has 0 aliphatic rings. The average Bonchev–Trinajstić information content (AvgIpc) is 1.84. The van der Waals surface area contributed by atoms with Gasteiger partial charge in [-0.15, -0.1) is 0 Å². The van der Waals surface area contributed by atoms with Crippen molar-refractivity contribution >= 4 is 11.8 Å². The lowest BCUT2D eigenvalue weighted by Gasteiger charge is -2.20. The highest BCUT2D eigenvalue weighted by Crippen LogP contribution is 2.25. The van der Waals surface area contributed by atoms with E-state index in [1.54, 1.807) is 0 Å².